The zero-order valence-corrected chi connectivity index (χ0v) is 18.5. The van der Waals surface area contributed by atoms with E-state index in [2.05, 4.69) is 6.92 Å². The van der Waals surface area contributed by atoms with Gasteiger partial charge in [0.2, 0.25) is 0 Å². The van der Waals surface area contributed by atoms with Crippen molar-refractivity contribution in [2.75, 3.05) is 6.61 Å². The van der Waals surface area contributed by atoms with Crippen molar-refractivity contribution in [1.82, 2.24) is 0 Å². The van der Waals surface area contributed by atoms with Crippen LogP contribution in [0.15, 0.2) is 0 Å². The van der Waals surface area contributed by atoms with Crippen LogP contribution in [-0.2, 0) is 14.3 Å². The van der Waals surface area contributed by atoms with Crippen molar-refractivity contribution in [3.05, 3.63) is 0 Å². The Labute approximate surface area is 172 Å². The summed E-state index contributed by atoms with van der Waals surface area (Å²) >= 11 is 0. The Morgan fingerprint density at radius 2 is 1.43 bits per heavy atom. The highest BCUT2D eigenvalue weighted by atomic mass is 16.5. The number of esters is 1. The van der Waals surface area contributed by atoms with E-state index >= 15 is 0 Å². The summed E-state index contributed by atoms with van der Waals surface area (Å²) in [6.45, 7) is 6.29. The van der Waals surface area contributed by atoms with E-state index in [4.69, 9.17) is 4.74 Å². The maximum absolute atomic E-state index is 12.8. The molecule has 0 bridgehead atoms. The number of hydrogen-bond donors (Lipinski definition) is 0. The van der Waals surface area contributed by atoms with Gasteiger partial charge in [0.05, 0.1) is 6.61 Å². The molecule has 3 aliphatic rings. The summed E-state index contributed by atoms with van der Waals surface area (Å²) in [4.78, 5) is 25.0. The Bertz CT molecular complexity index is 526. The lowest BCUT2D eigenvalue weighted by atomic mass is 9.62. The minimum absolute atomic E-state index is 0.124. The molecule has 0 spiro atoms. The first-order valence-electron chi connectivity index (χ1n) is 12.2. The topological polar surface area (TPSA) is 43.4 Å². The molecular weight excluding hydrogens is 348 g/mol. The number of ether oxygens (including phenoxy) is 1. The fourth-order valence-corrected chi connectivity index (χ4v) is 6.53. The highest BCUT2D eigenvalue weighted by Crippen LogP contribution is 2.47. The van der Waals surface area contributed by atoms with Gasteiger partial charge in [0.25, 0.3) is 0 Å². The van der Waals surface area contributed by atoms with Crippen molar-refractivity contribution in [3.8, 4) is 0 Å². The molecule has 0 aliphatic heterocycles. The molecule has 3 fully saturated rings. The van der Waals surface area contributed by atoms with Gasteiger partial charge in [0, 0.05) is 6.42 Å². The third-order valence-electron chi connectivity index (χ3n) is 8.54. The third kappa shape index (κ3) is 4.82. The number of hydrogen-bond acceptors (Lipinski definition) is 3. The largest absolute Gasteiger partial charge is 0.465 e. The summed E-state index contributed by atoms with van der Waals surface area (Å²) in [5, 5.41) is 0. The number of rotatable bonds is 6. The summed E-state index contributed by atoms with van der Waals surface area (Å²) < 4.78 is 5.18. The van der Waals surface area contributed by atoms with E-state index in [1.54, 1.807) is 6.92 Å². The van der Waals surface area contributed by atoms with Crippen molar-refractivity contribution in [2.45, 2.75) is 104 Å². The molecule has 0 amide bonds. The van der Waals surface area contributed by atoms with Crippen molar-refractivity contribution in [3.63, 3.8) is 0 Å². The van der Waals surface area contributed by atoms with Crippen LogP contribution >= 0.6 is 0 Å². The Kier molecular flexibility index (Phi) is 7.61. The Balaban J connectivity index is 1.45. The molecule has 28 heavy (non-hydrogen) atoms. The van der Waals surface area contributed by atoms with Crippen molar-refractivity contribution < 1.29 is 14.3 Å². The number of ketones is 1. The van der Waals surface area contributed by atoms with Crippen LogP contribution < -0.4 is 0 Å². The first-order valence-corrected chi connectivity index (χ1v) is 12.2. The highest BCUT2D eigenvalue weighted by Gasteiger charge is 2.47. The van der Waals surface area contributed by atoms with Crippen LogP contribution in [0, 0.1) is 35.0 Å². The van der Waals surface area contributed by atoms with Gasteiger partial charge in [-0.2, -0.15) is 0 Å². The van der Waals surface area contributed by atoms with E-state index in [0.29, 0.717) is 31.3 Å². The van der Waals surface area contributed by atoms with Crippen LogP contribution in [0.3, 0.4) is 0 Å². The lowest BCUT2D eigenvalue weighted by molar-refractivity contribution is -0.162. The van der Waals surface area contributed by atoms with E-state index in [1.807, 2.05) is 6.92 Å². The summed E-state index contributed by atoms with van der Waals surface area (Å²) in [6, 6.07) is 0. The van der Waals surface area contributed by atoms with Gasteiger partial charge in [-0.3, -0.25) is 9.59 Å². The van der Waals surface area contributed by atoms with Gasteiger partial charge in [0.1, 0.15) is 11.2 Å². The van der Waals surface area contributed by atoms with Crippen LogP contribution in [0.2, 0.25) is 0 Å². The second-order valence-corrected chi connectivity index (χ2v) is 10.2. The smallest absolute Gasteiger partial charge is 0.319 e. The molecule has 0 heterocycles. The van der Waals surface area contributed by atoms with Crippen molar-refractivity contribution in [1.29, 1.82) is 0 Å². The Morgan fingerprint density at radius 3 is 1.93 bits per heavy atom. The molecule has 2 atom stereocenters. The van der Waals surface area contributed by atoms with Gasteiger partial charge >= 0.3 is 5.97 Å². The van der Waals surface area contributed by atoms with E-state index in [1.165, 1.54) is 64.2 Å². The van der Waals surface area contributed by atoms with Gasteiger partial charge in [-0.25, -0.2) is 0 Å². The van der Waals surface area contributed by atoms with E-state index < -0.39 is 5.41 Å². The molecule has 0 aromatic heterocycles. The van der Waals surface area contributed by atoms with E-state index in [9.17, 15) is 9.59 Å². The van der Waals surface area contributed by atoms with E-state index in [-0.39, 0.29) is 11.8 Å². The molecule has 3 saturated carbocycles. The molecule has 3 nitrogen and oxygen atoms in total. The molecule has 160 valence electrons. The van der Waals surface area contributed by atoms with Crippen LogP contribution in [0.1, 0.15) is 104 Å². The van der Waals surface area contributed by atoms with Crippen LogP contribution in [0.25, 0.3) is 0 Å². The lowest BCUT2D eigenvalue weighted by Crippen LogP contribution is -2.44. The summed E-state index contributed by atoms with van der Waals surface area (Å²) in [7, 11) is 0. The molecular formula is C25H42O3. The van der Waals surface area contributed by atoms with Crippen LogP contribution in [-0.4, -0.2) is 18.4 Å². The molecule has 3 heteroatoms. The average molecular weight is 391 g/mol. The number of Topliss-reactive ketones (excluding diaryl/α,β-unsaturated/α-hetero) is 1. The predicted octanol–water partition coefficient (Wildman–Crippen LogP) is 6.34. The maximum Gasteiger partial charge on any atom is 0.319 e. The second kappa shape index (κ2) is 9.76. The number of carbonyl (C=O) groups is 2. The van der Waals surface area contributed by atoms with Crippen LogP contribution in [0.4, 0.5) is 0 Å². The zero-order chi connectivity index (χ0) is 20.1. The average Bonchev–Trinajstić information content (AvgIpc) is 2.71. The fraction of sp³-hybridized carbons (Fsp3) is 0.920. The van der Waals surface area contributed by atoms with Gasteiger partial charge < -0.3 is 4.74 Å². The molecule has 0 aromatic carbocycles. The quantitative estimate of drug-likeness (QED) is 0.393. The lowest BCUT2D eigenvalue weighted by Gasteiger charge is -2.42. The third-order valence-corrected chi connectivity index (χ3v) is 8.54. The predicted molar refractivity (Wildman–Crippen MR) is 113 cm³/mol. The molecule has 0 radical (unpaired) electrons. The Morgan fingerprint density at radius 1 is 0.893 bits per heavy atom. The Hall–Kier alpha value is -0.860. The molecule has 3 aliphatic carbocycles. The first-order chi connectivity index (χ1) is 13.5. The SMILES string of the molecule is CCC[C@H]1CC[C@H](C2CCC([C@@H]3CC[C@](C)(C(=O)OCC)C(=O)C3)CC2)CC1. The van der Waals surface area contributed by atoms with Gasteiger partial charge in [-0.05, 0) is 94.8 Å². The molecule has 0 unspecified atom stereocenters. The summed E-state index contributed by atoms with van der Waals surface area (Å²) in [5.41, 5.74) is -0.888. The van der Waals surface area contributed by atoms with Gasteiger partial charge in [-0.15, -0.1) is 0 Å². The molecule has 0 aromatic rings. The summed E-state index contributed by atoms with van der Waals surface area (Å²) in [5.74, 6) is 3.91. The van der Waals surface area contributed by atoms with Gasteiger partial charge in [-0.1, -0.05) is 32.6 Å². The molecule has 3 rings (SSSR count). The standard InChI is InChI=1S/C25H42O3/c1-4-6-18-7-9-19(10-8-18)20-11-13-21(14-12-20)22-15-16-25(3,23(26)17-22)24(27)28-5-2/h18-22H,4-17H2,1-3H3/t18-,19-,20?,21?,22-,25+/m1/s1. The summed E-state index contributed by atoms with van der Waals surface area (Å²) in [6.07, 6.45) is 16.2. The van der Waals surface area contributed by atoms with Crippen molar-refractivity contribution >= 4 is 11.8 Å². The minimum atomic E-state index is -0.888. The maximum atomic E-state index is 12.8. The molecule has 0 saturated heterocycles. The first kappa shape index (κ1) is 21.8. The van der Waals surface area contributed by atoms with Crippen molar-refractivity contribution in [2.24, 2.45) is 35.0 Å². The fourth-order valence-electron chi connectivity index (χ4n) is 6.53. The van der Waals surface area contributed by atoms with Gasteiger partial charge in [0.15, 0.2) is 0 Å². The normalized spacial score (nSPS) is 39.5. The highest BCUT2D eigenvalue weighted by molar-refractivity contribution is 6.03. The minimum Gasteiger partial charge on any atom is -0.465 e. The van der Waals surface area contributed by atoms with E-state index in [0.717, 1.165) is 24.2 Å². The molecule has 0 N–H and O–H groups in total. The zero-order valence-electron chi connectivity index (χ0n) is 18.5. The second-order valence-electron chi connectivity index (χ2n) is 10.2. The number of carbonyl (C=O) groups excluding carboxylic acids is 2. The monoisotopic (exact) mass is 390 g/mol. The van der Waals surface area contributed by atoms with Crippen LogP contribution in [0.5, 0.6) is 0 Å².